The van der Waals surface area contributed by atoms with E-state index in [2.05, 4.69) is 29.2 Å². The molecule has 6 nitrogen and oxygen atoms in total. The van der Waals surface area contributed by atoms with Gasteiger partial charge in [0.2, 0.25) is 0 Å². The highest BCUT2D eigenvalue weighted by atomic mass is 16.2. The van der Waals surface area contributed by atoms with Crippen molar-refractivity contribution in [3.05, 3.63) is 52.3 Å². The number of amides is 2. The lowest BCUT2D eigenvalue weighted by Gasteiger charge is -2.19. The molecule has 1 aliphatic carbocycles. The molecule has 2 aromatic rings. The van der Waals surface area contributed by atoms with Crippen molar-refractivity contribution in [1.82, 2.24) is 9.99 Å². The summed E-state index contributed by atoms with van der Waals surface area (Å²) in [6.07, 6.45) is 3.85. The second kappa shape index (κ2) is 7.78. The van der Waals surface area contributed by atoms with Gasteiger partial charge < -0.3 is 10.3 Å². The molecule has 2 amide bonds. The first kappa shape index (κ1) is 18.9. The minimum atomic E-state index is -0.310. The summed E-state index contributed by atoms with van der Waals surface area (Å²) in [5, 5.41) is 8.77. The van der Waals surface area contributed by atoms with Crippen molar-refractivity contribution < 1.29 is 9.59 Å². The van der Waals surface area contributed by atoms with Crippen molar-refractivity contribution in [3.63, 3.8) is 0 Å². The van der Waals surface area contributed by atoms with E-state index in [-0.39, 0.29) is 11.8 Å². The van der Waals surface area contributed by atoms with Gasteiger partial charge in [0.05, 0.1) is 5.71 Å². The zero-order valence-electron chi connectivity index (χ0n) is 16.3. The maximum Gasteiger partial charge on any atom is 0.341 e. The Hall–Kier alpha value is -2.89. The second-order valence-corrected chi connectivity index (χ2v) is 6.92. The number of urea groups is 1. The third kappa shape index (κ3) is 3.94. The van der Waals surface area contributed by atoms with Gasteiger partial charge in [-0.1, -0.05) is 6.92 Å². The van der Waals surface area contributed by atoms with Crippen LogP contribution in [0, 0.1) is 6.92 Å². The van der Waals surface area contributed by atoms with Crippen molar-refractivity contribution in [2.75, 3.05) is 12.4 Å². The number of fused-ring (bicyclic) bond motifs is 1. The maximum absolute atomic E-state index is 12.5. The smallest absolute Gasteiger partial charge is 0.341 e. The number of aromatic amines is 1. The van der Waals surface area contributed by atoms with Gasteiger partial charge in [-0.25, -0.2) is 9.80 Å². The normalized spacial score (nSPS) is 14.7. The van der Waals surface area contributed by atoms with Crippen molar-refractivity contribution in [2.45, 2.75) is 46.5 Å². The van der Waals surface area contributed by atoms with Crippen molar-refractivity contribution in [2.24, 2.45) is 5.10 Å². The molecule has 6 heteroatoms. The van der Waals surface area contributed by atoms with E-state index in [9.17, 15) is 9.59 Å². The van der Waals surface area contributed by atoms with Crippen LogP contribution in [-0.4, -0.2) is 34.6 Å². The van der Waals surface area contributed by atoms with Crippen LogP contribution < -0.4 is 5.32 Å². The third-order valence-electron chi connectivity index (χ3n) is 4.98. The Morgan fingerprint density at radius 2 is 1.93 bits per heavy atom. The summed E-state index contributed by atoms with van der Waals surface area (Å²) in [6.45, 7) is 5.75. The molecule has 27 heavy (non-hydrogen) atoms. The Kier molecular flexibility index (Phi) is 5.44. The van der Waals surface area contributed by atoms with Crippen molar-refractivity contribution in [1.29, 1.82) is 0 Å². The number of nitrogens with zero attached hydrogens (tertiary/aromatic N) is 2. The van der Waals surface area contributed by atoms with Crippen LogP contribution >= 0.6 is 0 Å². The number of hydrogen-bond acceptors (Lipinski definition) is 3. The number of benzene rings is 1. The van der Waals surface area contributed by atoms with E-state index in [1.807, 2.05) is 0 Å². The van der Waals surface area contributed by atoms with Crippen LogP contribution in [0.25, 0.3) is 0 Å². The van der Waals surface area contributed by atoms with Crippen molar-refractivity contribution in [3.8, 4) is 0 Å². The van der Waals surface area contributed by atoms with Gasteiger partial charge in [0, 0.05) is 35.2 Å². The van der Waals surface area contributed by atoms with Crippen LogP contribution in [0.2, 0.25) is 0 Å². The molecule has 3 rings (SSSR count). The molecule has 0 unspecified atom stereocenters. The van der Waals surface area contributed by atoms with Crippen LogP contribution in [0.4, 0.5) is 10.5 Å². The molecule has 0 bridgehead atoms. The Morgan fingerprint density at radius 1 is 1.22 bits per heavy atom. The van der Waals surface area contributed by atoms with Crippen LogP contribution in [0.5, 0.6) is 0 Å². The highest BCUT2D eigenvalue weighted by molar-refractivity contribution is 6.05. The molecule has 1 aliphatic rings. The van der Waals surface area contributed by atoms with E-state index >= 15 is 0 Å². The number of H-pyrrole nitrogens is 1. The molecule has 0 radical (unpaired) electrons. The summed E-state index contributed by atoms with van der Waals surface area (Å²) in [5.41, 5.74) is 7.10. The first-order valence-electron chi connectivity index (χ1n) is 9.34. The van der Waals surface area contributed by atoms with Gasteiger partial charge in [-0.3, -0.25) is 4.79 Å². The van der Waals surface area contributed by atoms with E-state index in [4.69, 9.17) is 0 Å². The standard InChI is InChI=1S/C21H26N4O2/c1-5-17-13(2)22-18-7-6-8-19(20(17)18)24-25(4)21(27)23-16-11-9-15(10-12-16)14(3)26/h9-12,22H,5-8H2,1-4H3,(H,23,27)/b24-19+. The number of rotatable bonds is 4. The number of carbonyl (C=O) groups excluding carboxylic acids is 2. The number of hydrogen-bond donors (Lipinski definition) is 2. The van der Waals surface area contributed by atoms with E-state index in [0.717, 1.165) is 31.4 Å². The topological polar surface area (TPSA) is 77.6 Å². The van der Waals surface area contributed by atoms with E-state index < -0.39 is 0 Å². The van der Waals surface area contributed by atoms with Gasteiger partial charge in [-0.2, -0.15) is 5.10 Å². The fourth-order valence-corrected chi connectivity index (χ4v) is 3.59. The first-order chi connectivity index (χ1) is 12.9. The lowest BCUT2D eigenvalue weighted by molar-refractivity contribution is 0.101. The Bertz CT molecular complexity index is 894. The van der Waals surface area contributed by atoms with E-state index in [1.165, 1.54) is 34.4 Å². The number of hydrazone groups is 1. The zero-order valence-corrected chi connectivity index (χ0v) is 16.3. The summed E-state index contributed by atoms with van der Waals surface area (Å²) >= 11 is 0. The number of aromatic nitrogens is 1. The minimum absolute atomic E-state index is 0.00183. The lowest BCUT2D eigenvalue weighted by Crippen LogP contribution is -2.29. The highest BCUT2D eigenvalue weighted by Gasteiger charge is 2.23. The van der Waals surface area contributed by atoms with Crippen LogP contribution in [0.15, 0.2) is 29.4 Å². The van der Waals surface area contributed by atoms with Gasteiger partial charge in [0.15, 0.2) is 5.78 Å². The molecule has 142 valence electrons. The average Bonchev–Trinajstić information content (AvgIpc) is 2.98. The molecule has 0 aliphatic heterocycles. The van der Waals surface area contributed by atoms with Crippen LogP contribution in [-0.2, 0) is 12.8 Å². The highest BCUT2D eigenvalue weighted by Crippen LogP contribution is 2.28. The second-order valence-electron chi connectivity index (χ2n) is 6.92. The molecule has 0 spiro atoms. The maximum atomic E-state index is 12.5. The fourth-order valence-electron chi connectivity index (χ4n) is 3.59. The molecule has 0 atom stereocenters. The monoisotopic (exact) mass is 366 g/mol. The fraction of sp³-hybridized carbons (Fsp3) is 0.381. The minimum Gasteiger partial charge on any atom is -0.362 e. The number of nitrogens with one attached hydrogen (secondary N) is 2. The molecule has 1 aromatic heterocycles. The number of carbonyl (C=O) groups is 2. The summed E-state index contributed by atoms with van der Waals surface area (Å²) in [6, 6.07) is 6.54. The summed E-state index contributed by atoms with van der Waals surface area (Å²) in [7, 11) is 1.66. The quantitative estimate of drug-likeness (QED) is 0.625. The van der Waals surface area contributed by atoms with Gasteiger partial charge in [0.1, 0.15) is 0 Å². The predicted octanol–water partition coefficient (Wildman–Crippen LogP) is 4.29. The summed E-state index contributed by atoms with van der Waals surface area (Å²) in [4.78, 5) is 27.3. The number of Topliss-reactive ketones (excluding diaryl/α,β-unsaturated/α-hetero) is 1. The molecule has 0 saturated carbocycles. The van der Waals surface area contributed by atoms with Gasteiger partial charge >= 0.3 is 6.03 Å². The molecule has 1 aromatic carbocycles. The summed E-state index contributed by atoms with van der Waals surface area (Å²) in [5.74, 6) is -0.00183. The molecular weight excluding hydrogens is 340 g/mol. The third-order valence-corrected chi connectivity index (χ3v) is 4.98. The molecule has 1 heterocycles. The van der Waals surface area contributed by atoms with Gasteiger partial charge in [-0.05, 0) is 69.4 Å². The number of ketones is 1. The average molecular weight is 366 g/mol. The van der Waals surface area contributed by atoms with Crippen LogP contribution in [0.1, 0.15) is 59.6 Å². The summed E-state index contributed by atoms with van der Waals surface area (Å²) < 4.78 is 0. The van der Waals surface area contributed by atoms with Gasteiger partial charge in [0.25, 0.3) is 0 Å². The zero-order chi connectivity index (χ0) is 19.6. The molecule has 0 saturated heterocycles. The Balaban J connectivity index is 1.78. The first-order valence-corrected chi connectivity index (χ1v) is 9.34. The Morgan fingerprint density at radius 3 is 2.56 bits per heavy atom. The lowest BCUT2D eigenvalue weighted by atomic mass is 9.91. The molecule has 2 N–H and O–H groups in total. The molecular formula is C21H26N4O2. The number of anilines is 1. The van der Waals surface area contributed by atoms with Crippen molar-refractivity contribution >= 4 is 23.2 Å². The SMILES string of the molecule is CCc1c(C)[nH]c2c1/C(=N/N(C)C(=O)Nc1ccc(C(C)=O)cc1)CCC2. The van der Waals surface area contributed by atoms with E-state index in [0.29, 0.717) is 11.3 Å². The van der Waals surface area contributed by atoms with E-state index in [1.54, 1.807) is 31.3 Å². The van der Waals surface area contributed by atoms with Gasteiger partial charge in [-0.15, -0.1) is 0 Å². The Labute approximate surface area is 159 Å². The largest absolute Gasteiger partial charge is 0.362 e. The molecule has 0 fully saturated rings. The number of aryl methyl sites for hydroxylation is 2. The predicted molar refractivity (Wildman–Crippen MR) is 108 cm³/mol. The van der Waals surface area contributed by atoms with Crippen LogP contribution in [0.3, 0.4) is 0 Å².